The molecule has 4 aromatic heterocycles. The van der Waals surface area contributed by atoms with Crippen LogP contribution in [0.15, 0.2) is 29.5 Å². The van der Waals surface area contributed by atoms with Gasteiger partial charge in [-0.3, -0.25) is 9.78 Å². The lowest BCUT2D eigenvalue weighted by atomic mass is 9.73. The molecule has 4 heterocycles. The summed E-state index contributed by atoms with van der Waals surface area (Å²) in [5.74, 6) is 1.22. The molecule has 0 radical (unpaired) electrons. The number of nitrogens with one attached hydrogen (secondary N) is 1. The molecule has 0 unspecified atom stereocenters. The van der Waals surface area contributed by atoms with Crippen molar-refractivity contribution in [3.8, 4) is 5.69 Å². The lowest BCUT2D eigenvalue weighted by molar-refractivity contribution is 0.331. The van der Waals surface area contributed by atoms with Gasteiger partial charge in [0.2, 0.25) is 0 Å². The zero-order chi connectivity index (χ0) is 19.4. The van der Waals surface area contributed by atoms with Crippen molar-refractivity contribution in [1.29, 1.82) is 0 Å². The number of rotatable bonds is 3. The van der Waals surface area contributed by atoms with Gasteiger partial charge in [-0.25, -0.2) is 14.6 Å². The fourth-order valence-corrected chi connectivity index (χ4v) is 4.87. The summed E-state index contributed by atoms with van der Waals surface area (Å²) in [5, 5.41) is 6.04. The maximum Gasteiger partial charge on any atom is 0.262 e. The Hall–Kier alpha value is -2.87. The van der Waals surface area contributed by atoms with Crippen molar-refractivity contribution in [3.05, 3.63) is 62.0 Å². The van der Waals surface area contributed by atoms with Gasteiger partial charge in [0.1, 0.15) is 11.2 Å². The van der Waals surface area contributed by atoms with Gasteiger partial charge >= 0.3 is 0 Å². The molecule has 1 aliphatic carbocycles. The lowest BCUT2D eigenvalue weighted by Crippen LogP contribution is -2.26. The van der Waals surface area contributed by atoms with Gasteiger partial charge in [0, 0.05) is 22.9 Å². The van der Waals surface area contributed by atoms with E-state index in [1.807, 2.05) is 19.9 Å². The summed E-state index contributed by atoms with van der Waals surface area (Å²) < 4.78 is 1.71. The lowest BCUT2D eigenvalue weighted by Gasteiger charge is -2.34. The number of aromatic amines is 1. The zero-order valence-electron chi connectivity index (χ0n) is 15.9. The molecule has 5 rings (SSSR count). The van der Waals surface area contributed by atoms with Crippen LogP contribution >= 0.6 is 11.3 Å². The second kappa shape index (κ2) is 6.34. The summed E-state index contributed by atoms with van der Waals surface area (Å²) >= 11 is 1.75. The maximum atomic E-state index is 12.7. The van der Waals surface area contributed by atoms with Crippen LogP contribution in [-0.4, -0.2) is 29.7 Å². The molecule has 1 fully saturated rings. The SMILES string of the molecule is Cc1ccncc1-n1ncc2c(=O)[nH]c([C@@H]3CC[C@@H]3c3nc(C)c(C)s3)nc21. The first-order chi connectivity index (χ1) is 13.5. The molecule has 0 bridgehead atoms. The summed E-state index contributed by atoms with van der Waals surface area (Å²) in [6.07, 6.45) is 7.13. The Labute approximate surface area is 165 Å². The fraction of sp³-hybridized carbons (Fsp3) is 0.350. The van der Waals surface area contributed by atoms with Crippen LogP contribution in [-0.2, 0) is 0 Å². The first-order valence-corrected chi connectivity index (χ1v) is 10.2. The van der Waals surface area contributed by atoms with Crippen molar-refractivity contribution >= 4 is 22.4 Å². The van der Waals surface area contributed by atoms with Gasteiger partial charge in [0.05, 0.1) is 28.8 Å². The molecule has 4 aromatic rings. The highest BCUT2D eigenvalue weighted by Gasteiger charge is 2.37. The second-order valence-corrected chi connectivity index (χ2v) is 8.63. The Balaban J connectivity index is 1.60. The number of aromatic nitrogens is 6. The average Bonchev–Trinajstić information content (AvgIpc) is 3.18. The van der Waals surface area contributed by atoms with Crippen LogP contribution in [0.4, 0.5) is 0 Å². The Morgan fingerprint density at radius 3 is 2.64 bits per heavy atom. The molecule has 7 nitrogen and oxygen atoms in total. The van der Waals surface area contributed by atoms with Gasteiger partial charge in [-0.1, -0.05) is 0 Å². The van der Waals surface area contributed by atoms with Gasteiger partial charge in [0.15, 0.2) is 5.65 Å². The molecule has 0 spiro atoms. The molecule has 1 N–H and O–H groups in total. The van der Waals surface area contributed by atoms with Gasteiger partial charge in [-0.15, -0.1) is 11.3 Å². The molecule has 2 atom stereocenters. The van der Waals surface area contributed by atoms with Gasteiger partial charge in [-0.05, 0) is 45.2 Å². The van der Waals surface area contributed by atoms with E-state index in [0.29, 0.717) is 17.0 Å². The highest BCUT2D eigenvalue weighted by atomic mass is 32.1. The van der Waals surface area contributed by atoms with E-state index in [4.69, 9.17) is 9.97 Å². The monoisotopic (exact) mass is 392 g/mol. The number of hydrogen-bond acceptors (Lipinski definition) is 6. The molecule has 1 aliphatic rings. The molecule has 0 aromatic carbocycles. The van der Waals surface area contributed by atoms with Crippen LogP contribution in [0.25, 0.3) is 16.7 Å². The van der Waals surface area contributed by atoms with E-state index in [2.05, 4.69) is 22.0 Å². The predicted octanol–water partition coefficient (Wildman–Crippen LogP) is 3.55. The highest BCUT2D eigenvalue weighted by Crippen LogP contribution is 2.49. The van der Waals surface area contributed by atoms with E-state index in [-0.39, 0.29) is 11.5 Å². The average molecular weight is 392 g/mol. The van der Waals surface area contributed by atoms with Crippen LogP contribution < -0.4 is 5.56 Å². The number of nitrogens with zero attached hydrogens (tertiary/aromatic N) is 5. The quantitative estimate of drug-likeness (QED) is 0.576. The molecule has 0 saturated heterocycles. The molecular weight excluding hydrogens is 372 g/mol. The molecular formula is C20H20N6OS. The van der Waals surface area contributed by atoms with E-state index in [9.17, 15) is 4.79 Å². The smallest absolute Gasteiger partial charge is 0.262 e. The maximum absolute atomic E-state index is 12.7. The van der Waals surface area contributed by atoms with Crippen molar-refractivity contribution in [2.75, 3.05) is 0 Å². The van der Waals surface area contributed by atoms with Crippen molar-refractivity contribution in [2.45, 2.75) is 45.4 Å². The largest absolute Gasteiger partial charge is 0.310 e. The third-order valence-corrected chi connectivity index (χ3v) is 6.89. The Bertz CT molecular complexity index is 1230. The normalized spacial score (nSPS) is 19.1. The van der Waals surface area contributed by atoms with E-state index >= 15 is 0 Å². The predicted molar refractivity (Wildman–Crippen MR) is 108 cm³/mol. The van der Waals surface area contributed by atoms with Crippen LogP contribution in [0.5, 0.6) is 0 Å². The minimum absolute atomic E-state index is 0.148. The minimum atomic E-state index is -0.148. The topological polar surface area (TPSA) is 89.4 Å². The third kappa shape index (κ3) is 2.59. The molecule has 0 aliphatic heterocycles. The van der Waals surface area contributed by atoms with Crippen LogP contribution in [0, 0.1) is 20.8 Å². The van der Waals surface area contributed by atoms with E-state index in [0.717, 1.165) is 40.6 Å². The molecule has 1 saturated carbocycles. The molecule has 8 heteroatoms. The van der Waals surface area contributed by atoms with Crippen molar-refractivity contribution in [1.82, 2.24) is 29.7 Å². The van der Waals surface area contributed by atoms with Gasteiger partial charge < -0.3 is 4.98 Å². The number of hydrogen-bond donors (Lipinski definition) is 1. The van der Waals surface area contributed by atoms with Gasteiger partial charge in [-0.2, -0.15) is 5.10 Å². The Morgan fingerprint density at radius 2 is 1.96 bits per heavy atom. The van der Waals surface area contributed by atoms with Crippen molar-refractivity contribution < 1.29 is 0 Å². The second-order valence-electron chi connectivity index (χ2n) is 7.39. The first-order valence-electron chi connectivity index (χ1n) is 9.36. The summed E-state index contributed by atoms with van der Waals surface area (Å²) in [6.45, 7) is 6.14. The zero-order valence-corrected chi connectivity index (χ0v) is 16.7. The summed E-state index contributed by atoms with van der Waals surface area (Å²) in [4.78, 5) is 30.7. The molecule has 142 valence electrons. The highest BCUT2D eigenvalue weighted by molar-refractivity contribution is 7.11. The van der Waals surface area contributed by atoms with Crippen LogP contribution in [0.2, 0.25) is 0 Å². The fourth-order valence-electron chi connectivity index (χ4n) is 3.74. The molecule has 28 heavy (non-hydrogen) atoms. The number of fused-ring (bicyclic) bond motifs is 1. The summed E-state index contributed by atoms with van der Waals surface area (Å²) in [6, 6.07) is 1.92. The summed E-state index contributed by atoms with van der Waals surface area (Å²) in [5.41, 5.74) is 3.38. The van der Waals surface area contributed by atoms with E-state index in [1.165, 1.54) is 4.88 Å². The Kier molecular flexibility index (Phi) is 3.90. The summed E-state index contributed by atoms with van der Waals surface area (Å²) in [7, 11) is 0. The van der Waals surface area contributed by atoms with Crippen LogP contribution in [0.1, 0.15) is 51.6 Å². The number of thiazole rings is 1. The van der Waals surface area contributed by atoms with Crippen molar-refractivity contribution in [2.24, 2.45) is 0 Å². The minimum Gasteiger partial charge on any atom is -0.310 e. The molecule has 0 amide bonds. The van der Waals surface area contributed by atoms with E-state index in [1.54, 1.807) is 34.6 Å². The third-order valence-electron chi connectivity index (χ3n) is 5.68. The Morgan fingerprint density at radius 1 is 1.14 bits per heavy atom. The first kappa shape index (κ1) is 17.2. The van der Waals surface area contributed by atoms with Gasteiger partial charge in [0.25, 0.3) is 5.56 Å². The standard InChI is InChI=1S/C20H20N6OS/c1-10-6-7-21-9-16(10)26-18-15(8-22-26)19(27)25-17(24-18)13-4-5-14(13)20-23-11(2)12(3)28-20/h6-9,13-14H,4-5H2,1-3H3,(H,24,25,27)/t13-,14+/m1/s1. The number of aryl methyl sites for hydroxylation is 3. The number of pyridine rings is 1. The van der Waals surface area contributed by atoms with E-state index < -0.39 is 0 Å². The number of H-pyrrole nitrogens is 1. The van der Waals surface area contributed by atoms with Crippen molar-refractivity contribution in [3.63, 3.8) is 0 Å². The van der Waals surface area contributed by atoms with Crippen LogP contribution in [0.3, 0.4) is 0 Å².